The van der Waals surface area contributed by atoms with Gasteiger partial charge >= 0.3 is 12.3 Å². The minimum atomic E-state index is -0.749. The fraction of sp³-hybridized carbons (Fsp3) is 0.211. The molecule has 6 heteroatoms. The first-order valence-electron chi connectivity index (χ1n) is 14.8. The van der Waals surface area contributed by atoms with Crippen LogP contribution in [-0.2, 0) is 9.47 Å². The number of ether oxygens (including phenoxy) is 4. The highest BCUT2D eigenvalue weighted by atomic mass is 16.7. The second-order valence-electron chi connectivity index (χ2n) is 11.6. The summed E-state index contributed by atoms with van der Waals surface area (Å²) in [4.78, 5) is 25.6. The third-order valence-corrected chi connectivity index (χ3v) is 7.54. The Hall–Kier alpha value is -5.10. The van der Waals surface area contributed by atoms with E-state index in [4.69, 9.17) is 18.9 Å². The highest BCUT2D eigenvalue weighted by molar-refractivity contribution is 6.27. The lowest BCUT2D eigenvalue weighted by atomic mass is 9.84. The van der Waals surface area contributed by atoms with Gasteiger partial charge in [-0.1, -0.05) is 96.1 Å². The molecule has 0 aromatic heterocycles. The van der Waals surface area contributed by atoms with Crippen LogP contribution in [-0.4, -0.2) is 24.5 Å². The number of rotatable bonds is 5. The second kappa shape index (κ2) is 11.5. The Morgan fingerprint density at radius 3 is 1.18 bits per heavy atom. The largest absolute Gasteiger partial charge is 0.514 e. The van der Waals surface area contributed by atoms with Crippen LogP contribution < -0.4 is 9.47 Å². The molecule has 0 heterocycles. The zero-order chi connectivity index (χ0) is 31.1. The van der Waals surface area contributed by atoms with Crippen molar-refractivity contribution in [3.63, 3.8) is 0 Å². The molecule has 0 saturated carbocycles. The van der Waals surface area contributed by atoms with E-state index in [1.165, 1.54) is 0 Å². The van der Waals surface area contributed by atoms with Gasteiger partial charge in [0, 0.05) is 21.5 Å². The molecular formula is C38H34O6. The van der Waals surface area contributed by atoms with Crippen molar-refractivity contribution in [2.45, 2.75) is 53.8 Å². The maximum atomic E-state index is 12.8. The summed E-state index contributed by atoms with van der Waals surface area (Å²) in [6, 6.07) is 28.1. The smallest absolute Gasteiger partial charge is 0.431 e. The van der Waals surface area contributed by atoms with E-state index in [1.807, 2.05) is 86.6 Å². The van der Waals surface area contributed by atoms with Crippen molar-refractivity contribution in [3.8, 4) is 22.6 Å². The number of carbonyl (C=O) groups is 2. The average Bonchev–Trinajstić information content (AvgIpc) is 2.97. The molecule has 0 spiro atoms. The fourth-order valence-electron chi connectivity index (χ4n) is 5.86. The first-order chi connectivity index (χ1) is 21.1. The highest BCUT2D eigenvalue weighted by Crippen LogP contribution is 2.50. The van der Waals surface area contributed by atoms with Gasteiger partial charge in [-0.3, -0.25) is 0 Å². The molecule has 6 aromatic rings. The molecule has 0 amide bonds. The van der Waals surface area contributed by atoms with Crippen LogP contribution in [0.2, 0.25) is 0 Å². The van der Waals surface area contributed by atoms with E-state index in [-0.39, 0.29) is 12.2 Å². The molecule has 0 atom stereocenters. The van der Waals surface area contributed by atoms with Crippen LogP contribution in [0.3, 0.4) is 0 Å². The zero-order valence-electron chi connectivity index (χ0n) is 25.7. The molecule has 0 radical (unpaired) electrons. The molecule has 222 valence electrons. The lowest BCUT2D eigenvalue weighted by Crippen LogP contribution is -2.16. The molecule has 0 N–H and O–H groups in total. The second-order valence-corrected chi connectivity index (χ2v) is 11.6. The van der Waals surface area contributed by atoms with Gasteiger partial charge < -0.3 is 18.9 Å². The normalized spacial score (nSPS) is 11.5. The lowest BCUT2D eigenvalue weighted by molar-refractivity contribution is 0.0725. The first kappa shape index (κ1) is 29.0. The summed E-state index contributed by atoms with van der Waals surface area (Å²) in [7, 11) is 0. The summed E-state index contributed by atoms with van der Waals surface area (Å²) >= 11 is 0. The summed E-state index contributed by atoms with van der Waals surface area (Å²) in [5.41, 5.74) is 4.11. The van der Waals surface area contributed by atoms with E-state index < -0.39 is 12.3 Å². The van der Waals surface area contributed by atoms with Crippen LogP contribution >= 0.6 is 0 Å². The lowest BCUT2D eigenvalue weighted by Gasteiger charge is -2.22. The van der Waals surface area contributed by atoms with E-state index in [0.717, 1.165) is 65.3 Å². The fourth-order valence-corrected chi connectivity index (χ4v) is 5.86. The Labute approximate surface area is 256 Å². The number of carbonyl (C=O) groups excluding carboxylic acids is 2. The standard InChI is InChI=1S/C38H34O6/c1-21(2)41-37(39)43-35-27-13-9-7-11-25(27)33(31-19-23(5)15-17-29(31)35)34-26-12-8-10-14-28(26)36(44-38(40)42-22(3)4)30-18-16-24(6)20-32(30)34/h7-22H,1-6H3. The summed E-state index contributed by atoms with van der Waals surface area (Å²) in [6.07, 6.45) is -2.13. The molecule has 0 aliphatic heterocycles. The number of aryl methyl sites for hydroxylation is 2. The third-order valence-electron chi connectivity index (χ3n) is 7.54. The predicted octanol–water partition coefficient (Wildman–Crippen LogP) is 10.4. The molecule has 0 aliphatic rings. The average molecular weight is 587 g/mol. The van der Waals surface area contributed by atoms with Gasteiger partial charge in [0.1, 0.15) is 11.5 Å². The summed E-state index contributed by atoms with van der Waals surface area (Å²) in [6.45, 7) is 11.2. The Morgan fingerprint density at radius 2 is 0.818 bits per heavy atom. The molecule has 0 aliphatic carbocycles. The minimum Gasteiger partial charge on any atom is -0.431 e. The van der Waals surface area contributed by atoms with Crippen LogP contribution in [0.5, 0.6) is 11.5 Å². The Balaban J connectivity index is 1.76. The van der Waals surface area contributed by atoms with Crippen molar-refractivity contribution < 1.29 is 28.5 Å². The van der Waals surface area contributed by atoms with E-state index in [2.05, 4.69) is 12.1 Å². The SMILES string of the molecule is Cc1ccc2c(OC(=O)OC(C)C)c3ccccc3c(-c3c4ccccc4c(OC(=O)OC(C)C)c4ccc(C)cc34)c2c1. The molecule has 0 saturated heterocycles. The van der Waals surface area contributed by atoms with Gasteiger partial charge in [-0.15, -0.1) is 0 Å². The van der Waals surface area contributed by atoms with E-state index in [0.29, 0.717) is 11.5 Å². The van der Waals surface area contributed by atoms with Crippen molar-refractivity contribution in [2.24, 2.45) is 0 Å². The minimum absolute atomic E-state index is 0.318. The van der Waals surface area contributed by atoms with Crippen LogP contribution in [0.25, 0.3) is 54.2 Å². The number of hydrogen-bond donors (Lipinski definition) is 0. The van der Waals surface area contributed by atoms with Crippen LogP contribution in [0.1, 0.15) is 38.8 Å². The highest BCUT2D eigenvalue weighted by Gasteiger charge is 2.25. The maximum Gasteiger partial charge on any atom is 0.514 e. The van der Waals surface area contributed by atoms with Gasteiger partial charge in [0.15, 0.2) is 0 Å². The third kappa shape index (κ3) is 5.28. The van der Waals surface area contributed by atoms with Crippen molar-refractivity contribution >= 4 is 55.4 Å². The molecule has 0 bridgehead atoms. The zero-order valence-corrected chi connectivity index (χ0v) is 25.7. The topological polar surface area (TPSA) is 71.1 Å². The predicted molar refractivity (Wildman–Crippen MR) is 176 cm³/mol. The molecule has 44 heavy (non-hydrogen) atoms. The van der Waals surface area contributed by atoms with E-state index >= 15 is 0 Å². The molecule has 6 aromatic carbocycles. The monoisotopic (exact) mass is 586 g/mol. The van der Waals surface area contributed by atoms with Crippen molar-refractivity contribution in [1.82, 2.24) is 0 Å². The van der Waals surface area contributed by atoms with Crippen LogP contribution in [0.15, 0.2) is 84.9 Å². The van der Waals surface area contributed by atoms with Gasteiger partial charge in [0.05, 0.1) is 12.2 Å². The molecule has 0 unspecified atom stereocenters. The maximum absolute atomic E-state index is 12.8. The van der Waals surface area contributed by atoms with Gasteiger partial charge in [-0.05, 0) is 74.2 Å². The van der Waals surface area contributed by atoms with E-state index in [9.17, 15) is 9.59 Å². The van der Waals surface area contributed by atoms with Gasteiger partial charge in [-0.2, -0.15) is 0 Å². The van der Waals surface area contributed by atoms with Crippen molar-refractivity contribution in [1.29, 1.82) is 0 Å². The van der Waals surface area contributed by atoms with Crippen LogP contribution in [0.4, 0.5) is 9.59 Å². The Kier molecular flexibility index (Phi) is 7.60. The number of benzene rings is 6. The van der Waals surface area contributed by atoms with Gasteiger partial charge in [-0.25, -0.2) is 9.59 Å². The van der Waals surface area contributed by atoms with Crippen LogP contribution in [0, 0.1) is 13.8 Å². The summed E-state index contributed by atoms with van der Waals surface area (Å²) in [5.74, 6) is 0.900. The Morgan fingerprint density at radius 1 is 0.477 bits per heavy atom. The van der Waals surface area contributed by atoms with Crippen molar-refractivity contribution in [2.75, 3.05) is 0 Å². The quantitative estimate of drug-likeness (QED) is 0.114. The van der Waals surface area contributed by atoms with E-state index in [1.54, 1.807) is 27.7 Å². The Bertz CT molecular complexity index is 1940. The number of fused-ring (bicyclic) bond motifs is 4. The molecule has 0 fully saturated rings. The molecule has 6 nitrogen and oxygen atoms in total. The molecular weight excluding hydrogens is 552 g/mol. The van der Waals surface area contributed by atoms with Gasteiger partial charge in [0.25, 0.3) is 0 Å². The first-order valence-corrected chi connectivity index (χ1v) is 14.8. The van der Waals surface area contributed by atoms with Crippen molar-refractivity contribution in [3.05, 3.63) is 96.1 Å². The summed E-state index contributed by atoms with van der Waals surface area (Å²) in [5, 5.41) is 6.83. The van der Waals surface area contributed by atoms with Gasteiger partial charge in [0.2, 0.25) is 0 Å². The summed E-state index contributed by atoms with van der Waals surface area (Å²) < 4.78 is 22.6. The molecule has 6 rings (SSSR count). The number of hydrogen-bond acceptors (Lipinski definition) is 6.